The van der Waals surface area contributed by atoms with E-state index in [4.69, 9.17) is 0 Å². The molecular weight excluding hydrogens is 403 g/mol. The van der Waals surface area contributed by atoms with Gasteiger partial charge in [-0.25, -0.2) is 4.39 Å². The summed E-state index contributed by atoms with van der Waals surface area (Å²) in [6, 6.07) is 2.02. The standard InChI is InChI=1S/C22H19FN4O2S/c1-11-26-27-18(30-11)8-15-16-7-13(6-12-2-4-14(23)5-3-12)9-24-20(16)21(28)19-17(15)10-25-22(19)29/h2,4-5,7,9,12,28H,3,6,8,10H2,1H3,(H,25,29). The predicted octanol–water partition coefficient (Wildman–Crippen LogP) is 3.91. The highest BCUT2D eigenvalue weighted by Crippen LogP contribution is 2.38. The Hall–Kier alpha value is -3.13. The van der Waals surface area contributed by atoms with Crippen molar-refractivity contribution in [2.75, 3.05) is 0 Å². The molecule has 1 aliphatic carbocycles. The number of hydrogen-bond acceptors (Lipinski definition) is 6. The third-order valence-electron chi connectivity index (χ3n) is 5.59. The third kappa shape index (κ3) is 3.27. The van der Waals surface area contributed by atoms with E-state index >= 15 is 0 Å². The van der Waals surface area contributed by atoms with Crippen LogP contribution in [0.1, 0.15) is 43.5 Å². The average molecular weight is 422 g/mol. The first-order valence-corrected chi connectivity index (χ1v) is 10.6. The number of hydrogen-bond donors (Lipinski definition) is 2. The van der Waals surface area contributed by atoms with Crippen LogP contribution in [0.25, 0.3) is 10.9 Å². The first kappa shape index (κ1) is 18.9. The van der Waals surface area contributed by atoms with Crippen molar-refractivity contribution in [3.05, 3.63) is 68.6 Å². The second kappa shape index (κ2) is 7.28. The molecule has 6 nitrogen and oxygen atoms in total. The largest absolute Gasteiger partial charge is 0.505 e. The van der Waals surface area contributed by atoms with Crippen molar-refractivity contribution in [3.8, 4) is 5.75 Å². The lowest BCUT2D eigenvalue weighted by Gasteiger charge is -2.16. The van der Waals surface area contributed by atoms with E-state index in [1.807, 2.05) is 19.1 Å². The van der Waals surface area contributed by atoms with Gasteiger partial charge in [0.2, 0.25) is 0 Å². The minimum atomic E-state index is -0.286. The fraction of sp³-hybridized carbons (Fsp3) is 0.273. The Morgan fingerprint density at radius 2 is 2.23 bits per heavy atom. The van der Waals surface area contributed by atoms with E-state index in [-0.39, 0.29) is 23.4 Å². The van der Waals surface area contributed by atoms with Crippen LogP contribution in [-0.2, 0) is 19.4 Å². The number of nitrogens with zero attached hydrogens (tertiary/aromatic N) is 3. The molecule has 2 N–H and O–H groups in total. The maximum Gasteiger partial charge on any atom is 0.255 e. The van der Waals surface area contributed by atoms with Gasteiger partial charge in [0.1, 0.15) is 21.4 Å². The summed E-state index contributed by atoms with van der Waals surface area (Å²) in [6.07, 6.45) is 8.58. The van der Waals surface area contributed by atoms with Gasteiger partial charge in [0.25, 0.3) is 5.91 Å². The van der Waals surface area contributed by atoms with Crippen molar-refractivity contribution in [1.29, 1.82) is 0 Å². The Bertz CT molecular complexity index is 1250. The van der Waals surface area contributed by atoms with Gasteiger partial charge in [0.15, 0.2) is 5.75 Å². The maximum atomic E-state index is 13.3. The summed E-state index contributed by atoms with van der Waals surface area (Å²) in [5.41, 5.74) is 3.44. The van der Waals surface area contributed by atoms with Gasteiger partial charge in [-0.05, 0) is 60.6 Å². The molecule has 1 atom stereocenters. The maximum absolute atomic E-state index is 13.3. The number of nitrogens with one attached hydrogen (secondary N) is 1. The van der Waals surface area contributed by atoms with Crippen molar-refractivity contribution in [2.45, 2.75) is 32.7 Å². The number of aromatic nitrogens is 3. The van der Waals surface area contributed by atoms with Gasteiger partial charge in [-0.1, -0.05) is 6.08 Å². The van der Waals surface area contributed by atoms with E-state index in [9.17, 15) is 14.3 Å². The number of carbonyl (C=O) groups excluding carboxylic acids is 1. The number of allylic oxidation sites excluding steroid dienone is 4. The summed E-state index contributed by atoms with van der Waals surface area (Å²) >= 11 is 1.51. The fourth-order valence-electron chi connectivity index (χ4n) is 4.16. The number of aromatic hydroxyl groups is 1. The molecule has 0 spiro atoms. The number of benzene rings is 1. The summed E-state index contributed by atoms with van der Waals surface area (Å²) in [5.74, 6) is -0.369. The minimum absolute atomic E-state index is 0.0821. The monoisotopic (exact) mass is 422 g/mol. The number of aryl methyl sites for hydroxylation is 1. The third-order valence-corrected chi connectivity index (χ3v) is 6.43. The molecule has 0 saturated carbocycles. The van der Waals surface area contributed by atoms with Crippen LogP contribution >= 0.6 is 11.3 Å². The Morgan fingerprint density at radius 3 is 2.97 bits per heavy atom. The zero-order valence-electron chi connectivity index (χ0n) is 16.3. The number of fused-ring (bicyclic) bond motifs is 2. The second-order valence-corrected chi connectivity index (χ2v) is 8.91. The summed E-state index contributed by atoms with van der Waals surface area (Å²) in [4.78, 5) is 16.8. The first-order chi connectivity index (χ1) is 14.5. The number of carbonyl (C=O) groups is 1. The van der Waals surface area contributed by atoms with Crippen molar-refractivity contribution >= 4 is 28.1 Å². The minimum Gasteiger partial charge on any atom is -0.505 e. The second-order valence-electron chi connectivity index (χ2n) is 7.64. The van der Waals surface area contributed by atoms with Gasteiger partial charge in [0.05, 0.1) is 5.56 Å². The lowest BCUT2D eigenvalue weighted by molar-refractivity contribution is 0.0963. The van der Waals surface area contributed by atoms with E-state index < -0.39 is 0 Å². The fourth-order valence-corrected chi connectivity index (χ4v) is 4.89. The quantitative estimate of drug-likeness (QED) is 0.666. The molecule has 8 heteroatoms. The highest BCUT2D eigenvalue weighted by atomic mass is 32.1. The summed E-state index contributed by atoms with van der Waals surface area (Å²) in [6.45, 7) is 2.27. The molecule has 2 aliphatic rings. The van der Waals surface area contributed by atoms with Gasteiger partial charge in [-0.3, -0.25) is 9.78 Å². The molecule has 152 valence electrons. The van der Waals surface area contributed by atoms with Crippen LogP contribution in [0.3, 0.4) is 0 Å². The molecular formula is C22H19FN4O2S. The van der Waals surface area contributed by atoms with Crippen LogP contribution in [0.4, 0.5) is 4.39 Å². The highest BCUT2D eigenvalue weighted by molar-refractivity contribution is 7.11. The van der Waals surface area contributed by atoms with Gasteiger partial charge in [-0.2, -0.15) is 0 Å². The van der Waals surface area contributed by atoms with Crippen molar-refractivity contribution in [1.82, 2.24) is 20.5 Å². The molecule has 0 bridgehead atoms. The van der Waals surface area contributed by atoms with Crippen molar-refractivity contribution in [2.24, 2.45) is 5.92 Å². The number of amides is 1. The van der Waals surface area contributed by atoms with Gasteiger partial charge < -0.3 is 10.4 Å². The van der Waals surface area contributed by atoms with Gasteiger partial charge >= 0.3 is 0 Å². The van der Waals surface area contributed by atoms with Crippen LogP contribution in [0.15, 0.2) is 36.3 Å². The topological polar surface area (TPSA) is 88.0 Å². The molecule has 1 aromatic carbocycles. The molecule has 0 fully saturated rings. The number of phenolic OH excluding ortho intramolecular Hbond substituents is 1. The molecule has 1 aliphatic heterocycles. The zero-order valence-corrected chi connectivity index (χ0v) is 17.1. The smallest absolute Gasteiger partial charge is 0.255 e. The summed E-state index contributed by atoms with van der Waals surface area (Å²) in [5, 5.41) is 24.4. The predicted molar refractivity (Wildman–Crippen MR) is 112 cm³/mol. The Kier molecular flexibility index (Phi) is 4.58. The zero-order chi connectivity index (χ0) is 20.8. The molecule has 3 heterocycles. The lowest BCUT2D eigenvalue weighted by Crippen LogP contribution is -2.12. The average Bonchev–Trinajstić information content (AvgIpc) is 3.32. The molecule has 5 rings (SSSR count). The molecule has 1 amide bonds. The Balaban J connectivity index is 1.61. The Morgan fingerprint density at radius 1 is 1.37 bits per heavy atom. The lowest BCUT2D eigenvalue weighted by atomic mass is 9.90. The van der Waals surface area contributed by atoms with Crippen molar-refractivity contribution < 1.29 is 14.3 Å². The van der Waals surface area contributed by atoms with Crippen LogP contribution < -0.4 is 5.32 Å². The molecule has 0 saturated heterocycles. The molecule has 0 radical (unpaired) electrons. The van der Waals surface area contributed by atoms with E-state index in [1.165, 1.54) is 17.4 Å². The molecule has 3 aromatic rings. The molecule has 2 aromatic heterocycles. The summed E-state index contributed by atoms with van der Waals surface area (Å²) < 4.78 is 13.3. The van der Waals surface area contributed by atoms with E-state index in [0.29, 0.717) is 30.5 Å². The van der Waals surface area contributed by atoms with Crippen LogP contribution in [0.2, 0.25) is 0 Å². The van der Waals surface area contributed by atoms with Crippen LogP contribution in [0, 0.1) is 12.8 Å². The SMILES string of the molecule is Cc1nnc(Cc2c3c(c(O)c4ncc(CC5C=CC(F)=CC5)cc24)C(=O)NC3)s1. The highest BCUT2D eigenvalue weighted by Gasteiger charge is 2.30. The van der Waals surface area contributed by atoms with Crippen molar-refractivity contribution in [3.63, 3.8) is 0 Å². The number of rotatable bonds is 4. The normalized spacial score (nSPS) is 17.9. The molecule has 1 unspecified atom stereocenters. The number of halogens is 1. The Labute approximate surface area is 176 Å². The first-order valence-electron chi connectivity index (χ1n) is 9.76. The van der Waals surface area contributed by atoms with Crippen LogP contribution in [0.5, 0.6) is 5.75 Å². The summed E-state index contributed by atoms with van der Waals surface area (Å²) in [7, 11) is 0. The van der Waals surface area contributed by atoms with Crippen LogP contribution in [-0.4, -0.2) is 26.2 Å². The van der Waals surface area contributed by atoms with Gasteiger partial charge in [0, 0.05) is 24.5 Å². The van der Waals surface area contributed by atoms with Gasteiger partial charge in [-0.15, -0.1) is 21.5 Å². The van der Waals surface area contributed by atoms with E-state index in [1.54, 1.807) is 12.3 Å². The molecule has 30 heavy (non-hydrogen) atoms. The number of pyridine rings is 1. The van der Waals surface area contributed by atoms with E-state index in [2.05, 4.69) is 20.5 Å². The number of phenols is 1. The van der Waals surface area contributed by atoms with E-state index in [0.717, 1.165) is 38.5 Å².